The van der Waals surface area contributed by atoms with E-state index in [1.165, 1.54) is 0 Å². The molecule has 0 bridgehead atoms. The topological polar surface area (TPSA) is 69.4 Å². The predicted molar refractivity (Wildman–Crippen MR) is 99.4 cm³/mol. The third-order valence-electron chi connectivity index (χ3n) is 5.29. The standard InChI is InChI=1S/C20H25NO3S/c1-14-4-8-16(9-5-14)18-19(20(18,12-21)13-24-3)25(22,23)17-10-6-15(2)7-11-17/h4-11,18-19H,12-13,21H2,1-3H3/t18-,19-,20-/m1/s1. The summed E-state index contributed by atoms with van der Waals surface area (Å²) in [5, 5.41) is -0.560. The van der Waals surface area contributed by atoms with E-state index in [2.05, 4.69) is 0 Å². The molecule has 0 aromatic heterocycles. The molecule has 4 nitrogen and oxygen atoms in total. The molecule has 25 heavy (non-hydrogen) atoms. The van der Waals surface area contributed by atoms with Gasteiger partial charge in [0.1, 0.15) is 0 Å². The SMILES string of the molecule is COC[C@]1(CN)[C@H](c2ccc(C)cc2)[C@H]1S(=O)(=O)c1ccc(C)cc1. The lowest BCUT2D eigenvalue weighted by atomic mass is 9.99. The van der Waals surface area contributed by atoms with Crippen LogP contribution in [-0.4, -0.2) is 33.9 Å². The van der Waals surface area contributed by atoms with E-state index in [1.54, 1.807) is 19.2 Å². The first-order valence-electron chi connectivity index (χ1n) is 8.43. The molecule has 3 atom stereocenters. The van der Waals surface area contributed by atoms with Gasteiger partial charge in [0.05, 0.1) is 16.8 Å². The van der Waals surface area contributed by atoms with Crippen LogP contribution < -0.4 is 5.73 Å². The molecule has 0 radical (unpaired) electrons. The number of hydrogen-bond donors (Lipinski definition) is 1. The van der Waals surface area contributed by atoms with E-state index < -0.39 is 20.5 Å². The Labute approximate surface area is 149 Å². The van der Waals surface area contributed by atoms with Crippen molar-refractivity contribution < 1.29 is 13.2 Å². The van der Waals surface area contributed by atoms with Gasteiger partial charge in [-0.25, -0.2) is 8.42 Å². The zero-order valence-corrected chi connectivity index (χ0v) is 15.7. The summed E-state index contributed by atoms with van der Waals surface area (Å²) < 4.78 is 32.0. The minimum atomic E-state index is -3.49. The maximum Gasteiger partial charge on any atom is 0.182 e. The molecule has 0 spiro atoms. The molecular formula is C20H25NO3S. The van der Waals surface area contributed by atoms with E-state index in [9.17, 15) is 8.42 Å². The maximum absolute atomic E-state index is 13.3. The monoisotopic (exact) mass is 359 g/mol. The quantitative estimate of drug-likeness (QED) is 0.861. The van der Waals surface area contributed by atoms with Gasteiger partial charge in [0.15, 0.2) is 9.84 Å². The largest absolute Gasteiger partial charge is 0.384 e. The molecule has 1 aliphatic rings. The highest BCUT2D eigenvalue weighted by Crippen LogP contribution is 2.63. The van der Waals surface area contributed by atoms with Crippen molar-refractivity contribution in [3.63, 3.8) is 0 Å². The number of sulfone groups is 1. The van der Waals surface area contributed by atoms with Crippen LogP contribution in [0.3, 0.4) is 0 Å². The lowest BCUT2D eigenvalue weighted by molar-refractivity contribution is 0.142. The van der Waals surface area contributed by atoms with E-state index in [0.29, 0.717) is 11.5 Å². The Bertz CT molecular complexity index is 844. The van der Waals surface area contributed by atoms with E-state index in [0.717, 1.165) is 16.7 Å². The van der Waals surface area contributed by atoms with Crippen LogP contribution in [0.5, 0.6) is 0 Å². The highest BCUT2D eigenvalue weighted by molar-refractivity contribution is 7.92. The average Bonchev–Trinajstić information content (AvgIpc) is 3.26. The fraction of sp³-hybridized carbons (Fsp3) is 0.400. The third-order valence-corrected chi connectivity index (χ3v) is 7.63. The summed E-state index contributed by atoms with van der Waals surface area (Å²) in [6, 6.07) is 15.1. The molecule has 5 heteroatoms. The van der Waals surface area contributed by atoms with Crippen molar-refractivity contribution in [1.29, 1.82) is 0 Å². The van der Waals surface area contributed by atoms with Crippen LogP contribution in [0, 0.1) is 19.3 Å². The van der Waals surface area contributed by atoms with Gasteiger partial charge in [0.2, 0.25) is 0 Å². The molecule has 2 N–H and O–H groups in total. The van der Waals surface area contributed by atoms with Crippen LogP contribution in [0.15, 0.2) is 53.4 Å². The van der Waals surface area contributed by atoms with Gasteiger partial charge < -0.3 is 10.5 Å². The highest BCUT2D eigenvalue weighted by Gasteiger charge is 2.70. The van der Waals surface area contributed by atoms with Gasteiger partial charge in [-0.3, -0.25) is 0 Å². The second-order valence-corrected chi connectivity index (χ2v) is 9.11. The van der Waals surface area contributed by atoms with Gasteiger partial charge in [-0.2, -0.15) is 0 Å². The van der Waals surface area contributed by atoms with Crippen LogP contribution in [0.1, 0.15) is 22.6 Å². The molecule has 2 aromatic rings. The van der Waals surface area contributed by atoms with Gasteiger partial charge in [0.25, 0.3) is 0 Å². The number of nitrogens with two attached hydrogens (primary N) is 1. The molecule has 0 amide bonds. The minimum Gasteiger partial charge on any atom is -0.384 e. The Balaban J connectivity index is 2.05. The van der Waals surface area contributed by atoms with Gasteiger partial charge in [0, 0.05) is 25.0 Å². The minimum absolute atomic E-state index is 0.149. The molecule has 3 rings (SSSR count). The van der Waals surface area contributed by atoms with Crippen LogP contribution in [-0.2, 0) is 14.6 Å². The van der Waals surface area contributed by atoms with Gasteiger partial charge in [-0.05, 0) is 31.5 Å². The summed E-state index contributed by atoms with van der Waals surface area (Å²) in [5.41, 5.74) is 8.67. The first-order chi connectivity index (χ1) is 11.9. The number of hydrogen-bond acceptors (Lipinski definition) is 4. The van der Waals surface area contributed by atoms with Crippen LogP contribution >= 0.6 is 0 Å². The summed E-state index contributed by atoms with van der Waals surface area (Å²) in [4.78, 5) is 0.353. The molecule has 0 heterocycles. The number of rotatable bonds is 6. The maximum atomic E-state index is 13.3. The number of benzene rings is 2. The van der Waals surface area contributed by atoms with Crippen LogP contribution in [0.2, 0.25) is 0 Å². The van der Waals surface area contributed by atoms with E-state index >= 15 is 0 Å². The molecular weight excluding hydrogens is 334 g/mol. The van der Waals surface area contributed by atoms with E-state index in [1.807, 2.05) is 50.2 Å². The predicted octanol–water partition coefficient (Wildman–Crippen LogP) is 2.83. The molecule has 0 saturated heterocycles. The van der Waals surface area contributed by atoms with Crippen molar-refractivity contribution in [2.45, 2.75) is 29.9 Å². The Morgan fingerprint density at radius 3 is 2.00 bits per heavy atom. The number of methoxy groups -OCH3 is 1. The van der Waals surface area contributed by atoms with Crippen LogP contribution in [0.4, 0.5) is 0 Å². The van der Waals surface area contributed by atoms with Crippen molar-refractivity contribution in [3.8, 4) is 0 Å². The highest BCUT2D eigenvalue weighted by atomic mass is 32.2. The normalized spacial score (nSPS) is 25.8. The summed E-state index contributed by atoms with van der Waals surface area (Å²) in [7, 11) is -1.90. The van der Waals surface area contributed by atoms with Gasteiger partial charge >= 0.3 is 0 Å². The number of ether oxygens (including phenoxy) is 1. The van der Waals surface area contributed by atoms with Crippen molar-refractivity contribution in [2.24, 2.45) is 11.1 Å². The third kappa shape index (κ3) is 3.01. The molecule has 0 aliphatic heterocycles. The van der Waals surface area contributed by atoms with Gasteiger partial charge in [-0.1, -0.05) is 47.5 Å². The zero-order valence-electron chi connectivity index (χ0n) is 14.9. The second-order valence-electron chi connectivity index (χ2n) is 7.04. The first kappa shape index (κ1) is 18.1. The fourth-order valence-electron chi connectivity index (χ4n) is 3.84. The van der Waals surface area contributed by atoms with Crippen LogP contribution in [0.25, 0.3) is 0 Å². The molecule has 2 aromatic carbocycles. The Morgan fingerprint density at radius 2 is 1.52 bits per heavy atom. The molecule has 1 saturated carbocycles. The summed E-state index contributed by atoms with van der Waals surface area (Å²) in [6.07, 6.45) is 0. The molecule has 1 fully saturated rings. The van der Waals surface area contributed by atoms with Crippen molar-refractivity contribution in [3.05, 3.63) is 65.2 Å². The number of aryl methyl sites for hydroxylation is 2. The summed E-state index contributed by atoms with van der Waals surface area (Å²) in [6.45, 7) is 4.56. The Hall–Kier alpha value is -1.69. The van der Waals surface area contributed by atoms with Crippen molar-refractivity contribution >= 4 is 9.84 Å². The van der Waals surface area contributed by atoms with Crippen molar-refractivity contribution in [2.75, 3.05) is 20.3 Å². The summed E-state index contributed by atoms with van der Waals surface area (Å²) >= 11 is 0. The molecule has 0 unspecified atom stereocenters. The first-order valence-corrected chi connectivity index (χ1v) is 9.97. The average molecular weight is 359 g/mol. The second kappa shape index (κ2) is 6.56. The van der Waals surface area contributed by atoms with E-state index in [4.69, 9.17) is 10.5 Å². The zero-order chi connectivity index (χ0) is 18.2. The fourth-order valence-corrected chi connectivity index (χ4v) is 6.28. The smallest absolute Gasteiger partial charge is 0.182 e. The lowest BCUT2D eigenvalue weighted by Crippen LogP contribution is -2.28. The van der Waals surface area contributed by atoms with E-state index in [-0.39, 0.29) is 12.5 Å². The van der Waals surface area contributed by atoms with Crippen molar-refractivity contribution in [1.82, 2.24) is 0 Å². The van der Waals surface area contributed by atoms with Gasteiger partial charge in [-0.15, -0.1) is 0 Å². The molecule has 134 valence electrons. The lowest BCUT2D eigenvalue weighted by Gasteiger charge is -2.15. The molecule has 1 aliphatic carbocycles. The summed E-state index contributed by atoms with van der Waals surface area (Å²) in [5.74, 6) is -0.149. The Kier molecular flexibility index (Phi) is 4.75. The Morgan fingerprint density at radius 1 is 1.00 bits per heavy atom.